The lowest BCUT2D eigenvalue weighted by Gasteiger charge is -2.12. The number of hydrogen-bond acceptors (Lipinski definition) is 2. The molecule has 4 fully saturated rings. The lowest BCUT2D eigenvalue weighted by molar-refractivity contribution is 0.676. The monoisotopic (exact) mass is 454 g/mol. The maximum Gasteiger partial charge on any atom is 0.0595 e. The van der Waals surface area contributed by atoms with Gasteiger partial charge in [0.15, 0.2) is 0 Å². The van der Waals surface area contributed by atoms with Crippen molar-refractivity contribution in [3.05, 3.63) is 67.6 Å². The predicted octanol–water partition coefficient (Wildman–Crippen LogP) is 5.71. The number of rotatable bonds is 2. The molecule has 0 bridgehead atoms. The van der Waals surface area contributed by atoms with E-state index in [2.05, 4.69) is 22.8 Å². The number of halogens is 4. The molecule has 28 heavy (non-hydrogen) atoms. The molecular formula is C22H22Cl4N2. The summed E-state index contributed by atoms with van der Waals surface area (Å²) in [7, 11) is 0. The van der Waals surface area contributed by atoms with Gasteiger partial charge in [-0.2, -0.15) is 0 Å². The fourth-order valence-corrected chi connectivity index (χ4v) is 5.79. The number of fused-ring (bicyclic) bond motifs is 2. The van der Waals surface area contributed by atoms with E-state index in [1.165, 1.54) is 24.0 Å². The first-order valence-electron chi connectivity index (χ1n) is 9.77. The van der Waals surface area contributed by atoms with Crippen LogP contribution in [-0.2, 0) is 10.8 Å². The third-order valence-electron chi connectivity index (χ3n) is 7.12. The zero-order valence-electron chi connectivity index (χ0n) is 15.4. The number of benzene rings is 2. The van der Waals surface area contributed by atoms with Crippen molar-refractivity contribution < 1.29 is 0 Å². The highest BCUT2D eigenvalue weighted by atomic mass is 35.5. The van der Waals surface area contributed by atoms with Crippen LogP contribution >= 0.6 is 46.4 Å². The molecule has 4 unspecified atom stereocenters. The van der Waals surface area contributed by atoms with Gasteiger partial charge >= 0.3 is 0 Å². The first-order valence-corrected chi connectivity index (χ1v) is 11.3. The Hall–Kier alpha value is -0.480. The molecule has 2 aliphatic heterocycles. The van der Waals surface area contributed by atoms with Crippen molar-refractivity contribution in [3.8, 4) is 0 Å². The Balaban J connectivity index is 0.000000122. The van der Waals surface area contributed by atoms with E-state index in [1.54, 1.807) is 0 Å². The van der Waals surface area contributed by atoms with E-state index in [9.17, 15) is 0 Å². The van der Waals surface area contributed by atoms with Crippen LogP contribution in [0.4, 0.5) is 0 Å². The van der Waals surface area contributed by atoms with Gasteiger partial charge in [0.05, 0.1) is 20.1 Å². The van der Waals surface area contributed by atoms with Crippen molar-refractivity contribution in [2.24, 2.45) is 11.8 Å². The molecule has 6 heteroatoms. The summed E-state index contributed by atoms with van der Waals surface area (Å²) >= 11 is 23.8. The van der Waals surface area contributed by atoms with E-state index in [0.717, 1.165) is 38.0 Å². The molecule has 2 heterocycles. The Morgan fingerprint density at radius 3 is 1.36 bits per heavy atom. The van der Waals surface area contributed by atoms with Crippen LogP contribution < -0.4 is 10.6 Å². The molecular weight excluding hydrogens is 434 g/mol. The molecule has 2 saturated carbocycles. The molecule has 4 atom stereocenters. The Kier molecular flexibility index (Phi) is 4.90. The predicted molar refractivity (Wildman–Crippen MR) is 118 cm³/mol. The zero-order valence-corrected chi connectivity index (χ0v) is 18.4. The standard InChI is InChI=1S/2C11H11Cl2N/c2*12-9-2-1-7(3-10(9)13)11-4-8(11)5-14-6-11/h2*1-3,8,14H,4-6H2. The van der Waals surface area contributed by atoms with Crippen LogP contribution in [0.2, 0.25) is 20.1 Å². The van der Waals surface area contributed by atoms with Crippen LogP contribution in [0, 0.1) is 11.8 Å². The Morgan fingerprint density at radius 2 is 1.07 bits per heavy atom. The Morgan fingerprint density at radius 1 is 0.643 bits per heavy atom. The average Bonchev–Trinajstić information content (AvgIpc) is 3.48. The molecule has 6 rings (SSSR count). The quantitative estimate of drug-likeness (QED) is 0.605. The minimum atomic E-state index is 0.383. The second-order valence-electron chi connectivity index (χ2n) is 8.63. The molecule has 4 aliphatic rings. The van der Waals surface area contributed by atoms with Crippen molar-refractivity contribution in [2.75, 3.05) is 26.2 Å². The van der Waals surface area contributed by atoms with Crippen LogP contribution in [0.1, 0.15) is 24.0 Å². The fraction of sp³-hybridized carbons (Fsp3) is 0.455. The number of piperidine rings is 2. The molecule has 2 saturated heterocycles. The molecule has 0 amide bonds. The van der Waals surface area contributed by atoms with E-state index in [1.807, 2.05) is 24.3 Å². The number of nitrogens with one attached hydrogen (secondary N) is 2. The van der Waals surface area contributed by atoms with Gasteiger partial charge in [-0.3, -0.25) is 0 Å². The van der Waals surface area contributed by atoms with Gasteiger partial charge in [0.25, 0.3) is 0 Å². The van der Waals surface area contributed by atoms with Gasteiger partial charge in [0.2, 0.25) is 0 Å². The molecule has 0 aromatic heterocycles. The zero-order chi connectivity index (χ0) is 19.5. The van der Waals surface area contributed by atoms with Gasteiger partial charge in [-0.1, -0.05) is 58.5 Å². The topological polar surface area (TPSA) is 24.1 Å². The van der Waals surface area contributed by atoms with Crippen molar-refractivity contribution >= 4 is 46.4 Å². The lowest BCUT2D eigenvalue weighted by Crippen LogP contribution is -2.19. The summed E-state index contributed by atoms with van der Waals surface area (Å²) in [6, 6.07) is 12.1. The third-order valence-corrected chi connectivity index (χ3v) is 8.59. The fourth-order valence-electron chi connectivity index (χ4n) is 5.19. The molecule has 2 N–H and O–H groups in total. The molecule has 0 radical (unpaired) electrons. The Labute approximate surface area is 185 Å². The van der Waals surface area contributed by atoms with E-state index >= 15 is 0 Å². The first-order chi connectivity index (χ1) is 13.4. The Bertz CT molecular complexity index is 857. The minimum absolute atomic E-state index is 0.383. The van der Waals surface area contributed by atoms with Crippen LogP contribution in [0.5, 0.6) is 0 Å². The normalized spacial score (nSPS) is 34.3. The van der Waals surface area contributed by atoms with Gasteiger partial charge in [0, 0.05) is 23.9 Å². The average molecular weight is 456 g/mol. The van der Waals surface area contributed by atoms with Crippen molar-refractivity contribution in [1.82, 2.24) is 10.6 Å². The maximum absolute atomic E-state index is 6.02. The van der Waals surface area contributed by atoms with Gasteiger partial charge in [-0.05, 0) is 73.2 Å². The van der Waals surface area contributed by atoms with E-state index in [0.29, 0.717) is 30.9 Å². The van der Waals surface area contributed by atoms with E-state index in [-0.39, 0.29) is 0 Å². The van der Waals surface area contributed by atoms with Crippen LogP contribution in [0.25, 0.3) is 0 Å². The highest BCUT2D eigenvalue weighted by molar-refractivity contribution is 6.42. The maximum atomic E-state index is 6.02. The summed E-state index contributed by atoms with van der Waals surface area (Å²) < 4.78 is 0. The molecule has 2 aromatic rings. The second-order valence-corrected chi connectivity index (χ2v) is 10.3. The largest absolute Gasteiger partial charge is 0.316 e. The first kappa shape index (κ1) is 19.5. The molecule has 0 spiro atoms. The number of hydrogen-bond donors (Lipinski definition) is 2. The summed E-state index contributed by atoms with van der Waals surface area (Å²) in [5.41, 5.74) is 3.46. The van der Waals surface area contributed by atoms with E-state index < -0.39 is 0 Å². The summed E-state index contributed by atoms with van der Waals surface area (Å²) in [5, 5.41) is 9.49. The third kappa shape index (κ3) is 3.17. The van der Waals surface area contributed by atoms with Gasteiger partial charge < -0.3 is 10.6 Å². The molecule has 2 aromatic carbocycles. The summed E-state index contributed by atoms with van der Waals surface area (Å²) in [5.74, 6) is 1.64. The van der Waals surface area contributed by atoms with Crippen molar-refractivity contribution in [3.63, 3.8) is 0 Å². The molecule has 2 nitrogen and oxygen atoms in total. The van der Waals surface area contributed by atoms with Crippen LogP contribution in [-0.4, -0.2) is 26.2 Å². The summed E-state index contributed by atoms with van der Waals surface area (Å²) in [6.45, 7) is 4.49. The highest BCUT2D eigenvalue weighted by Crippen LogP contribution is 2.57. The van der Waals surface area contributed by atoms with Gasteiger partial charge in [0.1, 0.15) is 0 Å². The SMILES string of the molecule is Clc1ccc(C23CNCC2C3)cc1Cl.Clc1ccc(C23CNCC2C3)cc1Cl. The lowest BCUT2D eigenvalue weighted by atomic mass is 9.95. The smallest absolute Gasteiger partial charge is 0.0595 e. The van der Waals surface area contributed by atoms with Crippen LogP contribution in [0.3, 0.4) is 0 Å². The van der Waals surface area contributed by atoms with E-state index in [4.69, 9.17) is 46.4 Å². The van der Waals surface area contributed by atoms with Crippen LogP contribution in [0.15, 0.2) is 36.4 Å². The molecule has 2 aliphatic carbocycles. The highest BCUT2D eigenvalue weighted by Gasteiger charge is 2.58. The van der Waals surface area contributed by atoms with Crippen molar-refractivity contribution in [2.45, 2.75) is 23.7 Å². The van der Waals surface area contributed by atoms with Gasteiger partial charge in [-0.25, -0.2) is 0 Å². The second kappa shape index (κ2) is 7.04. The minimum Gasteiger partial charge on any atom is -0.316 e. The summed E-state index contributed by atoms with van der Waals surface area (Å²) in [4.78, 5) is 0. The van der Waals surface area contributed by atoms with Gasteiger partial charge in [-0.15, -0.1) is 0 Å². The van der Waals surface area contributed by atoms with Crippen molar-refractivity contribution in [1.29, 1.82) is 0 Å². The summed E-state index contributed by atoms with van der Waals surface area (Å²) in [6.07, 6.45) is 2.61. The molecule has 148 valence electrons.